The summed E-state index contributed by atoms with van der Waals surface area (Å²) in [7, 11) is 2.88. The first-order chi connectivity index (χ1) is 17.8. The minimum absolute atomic E-state index is 0.298. The highest BCUT2D eigenvalue weighted by atomic mass is 35.5. The van der Waals surface area contributed by atoms with Crippen molar-refractivity contribution >= 4 is 46.6 Å². The van der Waals surface area contributed by atoms with Gasteiger partial charge in [0.2, 0.25) is 0 Å². The van der Waals surface area contributed by atoms with Crippen LogP contribution >= 0.6 is 34.5 Å². The van der Waals surface area contributed by atoms with Crippen LogP contribution in [0, 0.1) is 0 Å². The van der Waals surface area contributed by atoms with E-state index in [0.717, 1.165) is 11.1 Å². The maximum atomic E-state index is 13.7. The third-order valence-corrected chi connectivity index (χ3v) is 7.68. The first kappa shape index (κ1) is 25.1. The molecule has 0 amide bonds. The van der Waals surface area contributed by atoms with Crippen molar-refractivity contribution in [2.24, 2.45) is 4.99 Å². The lowest BCUT2D eigenvalue weighted by Crippen LogP contribution is -2.39. The molecule has 0 saturated heterocycles. The molecule has 7 nitrogen and oxygen atoms in total. The Kier molecular flexibility index (Phi) is 6.81. The Hall–Kier alpha value is -3.59. The van der Waals surface area contributed by atoms with E-state index in [1.54, 1.807) is 62.6 Å². The second-order valence-electron chi connectivity index (χ2n) is 8.18. The molecule has 0 radical (unpaired) electrons. The predicted molar refractivity (Wildman–Crippen MR) is 143 cm³/mol. The van der Waals surface area contributed by atoms with Gasteiger partial charge in [-0.15, -0.1) is 0 Å². The van der Waals surface area contributed by atoms with Gasteiger partial charge in [0, 0.05) is 11.6 Å². The van der Waals surface area contributed by atoms with Crippen molar-refractivity contribution < 1.29 is 18.7 Å². The highest BCUT2D eigenvalue weighted by molar-refractivity contribution is 7.07. The molecule has 1 aliphatic rings. The van der Waals surface area contributed by atoms with E-state index in [1.807, 2.05) is 12.1 Å². The summed E-state index contributed by atoms with van der Waals surface area (Å²) in [5, 5.41) is 0.868. The molecular formula is C27H20Cl2N2O5S. The zero-order chi connectivity index (χ0) is 26.3. The molecule has 0 bridgehead atoms. The molecule has 0 N–H and O–H groups in total. The van der Waals surface area contributed by atoms with E-state index in [1.165, 1.54) is 23.0 Å². The number of ether oxygens (including phenoxy) is 2. The third-order valence-electron chi connectivity index (χ3n) is 5.96. The van der Waals surface area contributed by atoms with Gasteiger partial charge in [-0.1, -0.05) is 46.7 Å². The quantitative estimate of drug-likeness (QED) is 0.325. The van der Waals surface area contributed by atoms with Crippen LogP contribution in [0.4, 0.5) is 0 Å². The van der Waals surface area contributed by atoms with Crippen LogP contribution in [0.25, 0.3) is 17.4 Å². The van der Waals surface area contributed by atoms with Crippen LogP contribution in [0.3, 0.4) is 0 Å². The Morgan fingerprint density at radius 3 is 2.51 bits per heavy atom. The van der Waals surface area contributed by atoms with Crippen molar-refractivity contribution in [2.75, 3.05) is 14.2 Å². The van der Waals surface area contributed by atoms with Gasteiger partial charge in [-0.25, -0.2) is 9.79 Å². The van der Waals surface area contributed by atoms with Crippen LogP contribution in [-0.4, -0.2) is 24.8 Å². The number of furan rings is 1. The Morgan fingerprint density at radius 1 is 1.08 bits per heavy atom. The van der Waals surface area contributed by atoms with Gasteiger partial charge in [0.15, 0.2) is 4.80 Å². The Balaban J connectivity index is 1.62. The summed E-state index contributed by atoms with van der Waals surface area (Å²) in [6.07, 6.45) is 1.66. The van der Waals surface area contributed by atoms with Gasteiger partial charge >= 0.3 is 5.97 Å². The molecule has 2 aromatic heterocycles. The molecule has 0 saturated carbocycles. The summed E-state index contributed by atoms with van der Waals surface area (Å²) in [5.41, 5.74) is 1.97. The fraction of sp³-hybridized carbons (Fsp3) is 0.148. The molecule has 0 fully saturated rings. The van der Waals surface area contributed by atoms with Gasteiger partial charge < -0.3 is 13.9 Å². The number of methoxy groups -OCH3 is 2. The first-order valence-corrected chi connectivity index (χ1v) is 12.7. The molecule has 188 valence electrons. The van der Waals surface area contributed by atoms with Gasteiger partial charge in [0.25, 0.3) is 5.56 Å². The molecule has 1 aliphatic heterocycles. The minimum atomic E-state index is -0.708. The molecule has 3 heterocycles. The van der Waals surface area contributed by atoms with Crippen molar-refractivity contribution in [1.29, 1.82) is 0 Å². The SMILES string of the molecule is COC(=O)C1=C(C)N=c2s/c(=C/c3ccc(-c4ccc(Cl)c(Cl)c4)o3)c(=O)n2C1c1ccc(OC)cc1. The predicted octanol–water partition coefficient (Wildman–Crippen LogP) is 4.98. The fourth-order valence-electron chi connectivity index (χ4n) is 4.16. The summed E-state index contributed by atoms with van der Waals surface area (Å²) in [4.78, 5) is 31.5. The van der Waals surface area contributed by atoms with Crippen LogP contribution < -0.4 is 19.6 Å². The largest absolute Gasteiger partial charge is 0.497 e. The highest BCUT2D eigenvalue weighted by Gasteiger charge is 2.33. The highest BCUT2D eigenvalue weighted by Crippen LogP contribution is 2.32. The van der Waals surface area contributed by atoms with Crippen molar-refractivity contribution in [2.45, 2.75) is 13.0 Å². The Labute approximate surface area is 225 Å². The second-order valence-corrected chi connectivity index (χ2v) is 10.0. The van der Waals surface area contributed by atoms with E-state index in [4.69, 9.17) is 37.1 Å². The monoisotopic (exact) mass is 554 g/mol. The van der Waals surface area contributed by atoms with Gasteiger partial charge in [0.05, 0.1) is 46.1 Å². The number of halogens is 2. The summed E-state index contributed by atoms with van der Waals surface area (Å²) in [5.74, 6) is 1.18. The van der Waals surface area contributed by atoms with Crippen LogP contribution in [0.15, 0.2) is 80.1 Å². The molecule has 1 unspecified atom stereocenters. The molecule has 5 rings (SSSR count). The number of thiazole rings is 1. The summed E-state index contributed by atoms with van der Waals surface area (Å²) in [6, 6.07) is 15.3. The smallest absolute Gasteiger partial charge is 0.338 e. The Morgan fingerprint density at radius 2 is 1.84 bits per heavy atom. The number of nitrogens with zero attached hydrogens (tertiary/aromatic N) is 2. The lowest BCUT2D eigenvalue weighted by Gasteiger charge is -2.24. The van der Waals surface area contributed by atoms with E-state index >= 15 is 0 Å². The molecule has 4 aromatic rings. The number of hydrogen-bond donors (Lipinski definition) is 0. The maximum Gasteiger partial charge on any atom is 0.338 e. The zero-order valence-corrected chi connectivity index (χ0v) is 22.3. The molecule has 0 spiro atoms. The first-order valence-electron chi connectivity index (χ1n) is 11.1. The molecular weight excluding hydrogens is 535 g/mol. The maximum absolute atomic E-state index is 13.7. The van der Waals surface area contributed by atoms with Crippen molar-refractivity contribution in [3.05, 3.63) is 107 Å². The number of carbonyl (C=O) groups excluding carboxylic acids is 1. The summed E-state index contributed by atoms with van der Waals surface area (Å²) < 4.78 is 18.2. The molecule has 2 aromatic carbocycles. The van der Waals surface area contributed by atoms with Gasteiger partial charge in [0.1, 0.15) is 17.3 Å². The van der Waals surface area contributed by atoms with Crippen molar-refractivity contribution in [3.8, 4) is 17.1 Å². The van der Waals surface area contributed by atoms with Crippen LogP contribution in [0.2, 0.25) is 10.0 Å². The normalized spacial score (nSPS) is 15.4. The number of rotatable bonds is 5. The Bertz CT molecular complexity index is 1730. The van der Waals surface area contributed by atoms with E-state index in [0.29, 0.717) is 47.9 Å². The number of allylic oxidation sites excluding steroid dienone is 1. The van der Waals surface area contributed by atoms with Crippen LogP contribution in [0.5, 0.6) is 5.75 Å². The van der Waals surface area contributed by atoms with Crippen molar-refractivity contribution in [1.82, 2.24) is 4.57 Å². The summed E-state index contributed by atoms with van der Waals surface area (Å²) >= 11 is 13.4. The van der Waals surface area contributed by atoms with E-state index in [-0.39, 0.29) is 5.56 Å². The average molecular weight is 555 g/mol. The number of aromatic nitrogens is 1. The molecule has 1 atom stereocenters. The van der Waals surface area contributed by atoms with Crippen molar-refractivity contribution in [3.63, 3.8) is 0 Å². The minimum Gasteiger partial charge on any atom is -0.497 e. The number of fused-ring (bicyclic) bond motifs is 1. The second kappa shape index (κ2) is 10.0. The lowest BCUT2D eigenvalue weighted by atomic mass is 9.96. The molecule has 0 aliphatic carbocycles. The van der Waals surface area contributed by atoms with E-state index in [2.05, 4.69) is 4.99 Å². The molecule has 37 heavy (non-hydrogen) atoms. The summed E-state index contributed by atoms with van der Waals surface area (Å²) in [6.45, 7) is 1.73. The zero-order valence-electron chi connectivity index (χ0n) is 20.0. The third kappa shape index (κ3) is 4.64. The van der Waals surface area contributed by atoms with E-state index in [9.17, 15) is 9.59 Å². The topological polar surface area (TPSA) is 83.0 Å². The standard InChI is InChI=1S/C27H20Cl2N2O5S/c1-14-23(26(33)35-3)24(15-4-7-17(34-2)8-5-15)31-25(32)22(37-27(31)30-14)13-18-9-11-21(36-18)16-6-10-19(28)20(29)12-16/h4-13,24H,1-3H3/b22-13+. The van der Waals surface area contributed by atoms with E-state index < -0.39 is 12.0 Å². The number of hydrogen-bond acceptors (Lipinski definition) is 7. The fourth-order valence-corrected chi connectivity index (χ4v) is 5.48. The lowest BCUT2D eigenvalue weighted by molar-refractivity contribution is -0.136. The van der Waals surface area contributed by atoms with Crippen LogP contribution in [-0.2, 0) is 9.53 Å². The molecule has 10 heteroatoms. The number of esters is 1. The van der Waals surface area contributed by atoms with Gasteiger partial charge in [-0.3, -0.25) is 9.36 Å². The number of carbonyl (C=O) groups is 1. The van der Waals surface area contributed by atoms with Gasteiger partial charge in [-0.2, -0.15) is 0 Å². The van der Waals surface area contributed by atoms with Crippen LogP contribution in [0.1, 0.15) is 24.3 Å². The average Bonchev–Trinajstić information content (AvgIpc) is 3.49. The number of benzene rings is 2. The van der Waals surface area contributed by atoms with Gasteiger partial charge in [-0.05, 0) is 55.0 Å².